The Balaban J connectivity index is 1.54. The second-order valence-corrected chi connectivity index (χ2v) is 8.58. The molecule has 0 saturated carbocycles. The van der Waals surface area contributed by atoms with Crippen LogP contribution in [0.5, 0.6) is 0 Å². The van der Waals surface area contributed by atoms with Gasteiger partial charge in [-0.25, -0.2) is 0 Å². The van der Waals surface area contributed by atoms with Gasteiger partial charge in [0, 0.05) is 13.0 Å². The van der Waals surface area contributed by atoms with E-state index in [0.717, 1.165) is 11.1 Å². The Morgan fingerprint density at radius 1 is 0.933 bits per heavy atom. The largest absolute Gasteiger partial charge is 0.396 e. The maximum atomic E-state index is 11.3. The molecule has 162 valence electrons. The van der Waals surface area contributed by atoms with Crippen molar-refractivity contribution >= 4 is 0 Å². The summed E-state index contributed by atoms with van der Waals surface area (Å²) in [5.74, 6) is -1.50. The van der Waals surface area contributed by atoms with Crippen molar-refractivity contribution in [3.05, 3.63) is 71.8 Å². The zero-order valence-electron chi connectivity index (χ0n) is 17.5. The van der Waals surface area contributed by atoms with E-state index in [2.05, 4.69) is 0 Å². The molecule has 30 heavy (non-hydrogen) atoms. The molecular weight excluding hydrogens is 384 g/mol. The van der Waals surface area contributed by atoms with Crippen molar-refractivity contribution in [3.63, 3.8) is 0 Å². The first kappa shape index (κ1) is 21.4. The van der Waals surface area contributed by atoms with E-state index in [0.29, 0.717) is 13.2 Å². The van der Waals surface area contributed by atoms with E-state index >= 15 is 0 Å². The highest BCUT2D eigenvalue weighted by Crippen LogP contribution is 2.56. The van der Waals surface area contributed by atoms with Crippen LogP contribution < -0.4 is 0 Å². The first-order chi connectivity index (χ1) is 14.4. The normalized spacial score (nSPS) is 31.9. The van der Waals surface area contributed by atoms with Crippen molar-refractivity contribution in [3.8, 4) is 0 Å². The van der Waals surface area contributed by atoms with E-state index in [9.17, 15) is 10.2 Å². The van der Waals surface area contributed by atoms with Gasteiger partial charge in [-0.05, 0) is 25.0 Å². The minimum Gasteiger partial charge on any atom is -0.396 e. The highest BCUT2D eigenvalue weighted by atomic mass is 16.8. The molecule has 2 aliphatic heterocycles. The lowest BCUT2D eigenvalue weighted by atomic mass is 9.81. The zero-order valence-corrected chi connectivity index (χ0v) is 17.5. The van der Waals surface area contributed by atoms with E-state index in [-0.39, 0.29) is 19.6 Å². The molecule has 4 rings (SSSR count). The molecule has 2 aliphatic rings. The lowest BCUT2D eigenvalue weighted by Gasteiger charge is -2.53. The molecule has 0 unspecified atom stereocenters. The van der Waals surface area contributed by atoms with Crippen molar-refractivity contribution in [2.75, 3.05) is 13.2 Å². The standard InChI is InChI=1S/C24H30O6/c1-22(2)24(26)21(29-22)20(28-16-19-11-7-4-8-12-19)23(30-24,13-14-25)17-27-15-18-9-5-3-6-10-18/h3-12,20-21,25-26H,13-17H2,1-2H3/t20-,21+,23-,24+/m0/s1. The second kappa shape index (κ2) is 8.38. The number of ether oxygens (including phenoxy) is 4. The third-order valence-electron chi connectivity index (χ3n) is 6.09. The van der Waals surface area contributed by atoms with E-state index in [1.54, 1.807) is 13.8 Å². The molecule has 2 saturated heterocycles. The Hall–Kier alpha value is -1.80. The van der Waals surface area contributed by atoms with Gasteiger partial charge in [0.25, 0.3) is 0 Å². The second-order valence-electron chi connectivity index (χ2n) is 8.58. The predicted molar refractivity (Wildman–Crippen MR) is 111 cm³/mol. The average molecular weight is 414 g/mol. The lowest BCUT2D eigenvalue weighted by Crippen LogP contribution is -2.72. The molecule has 2 aromatic rings. The van der Waals surface area contributed by atoms with Crippen molar-refractivity contribution in [1.82, 2.24) is 0 Å². The van der Waals surface area contributed by atoms with Crippen LogP contribution in [0.25, 0.3) is 0 Å². The Labute approximate surface area is 177 Å². The molecule has 0 spiro atoms. The van der Waals surface area contributed by atoms with Gasteiger partial charge in [0.1, 0.15) is 23.4 Å². The van der Waals surface area contributed by atoms with Gasteiger partial charge in [-0.15, -0.1) is 0 Å². The quantitative estimate of drug-likeness (QED) is 0.657. The molecule has 2 heterocycles. The summed E-state index contributed by atoms with van der Waals surface area (Å²) in [5, 5.41) is 21.1. The monoisotopic (exact) mass is 414 g/mol. The topological polar surface area (TPSA) is 77.4 Å². The molecule has 0 aromatic heterocycles. The average Bonchev–Trinajstić information content (AvgIpc) is 2.94. The summed E-state index contributed by atoms with van der Waals surface area (Å²) in [6.07, 6.45) is -0.971. The molecule has 0 radical (unpaired) electrons. The van der Waals surface area contributed by atoms with Gasteiger partial charge in [0.05, 0.1) is 19.8 Å². The van der Waals surface area contributed by atoms with Crippen molar-refractivity contribution < 1.29 is 29.2 Å². The van der Waals surface area contributed by atoms with Crippen LogP contribution in [-0.2, 0) is 32.2 Å². The fourth-order valence-electron chi connectivity index (χ4n) is 4.34. The van der Waals surface area contributed by atoms with Crippen LogP contribution in [-0.4, -0.2) is 52.6 Å². The number of fused-ring (bicyclic) bond motifs is 1. The summed E-state index contributed by atoms with van der Waals surface area (Å²) in [7, 11) is 0. The molecule has 0 bridgehead atoms. The fourth-order valence-corrected chi connectivity index (χ4v) is 4.34. The van der Waals surface area contributed by atoms with Gasteiger partial charge in [0.2, 0.25) is 5.79 Å². The zero-order chi connectivity index (χ0) is 21.2. The van der Waals surface area contributed by atoms with Crippen LogP contribution in [0.1, 0.15) is 31.4 Å². The summed E-state index contributed by atoms with van der Waals surface area (Å²) < 4.78 is 24.5. The Kier molecular flexibility index (Phi) is 5.99. The van der Waals surface area contributed by atoms with Gasteiger partial charge in [-0.3, -0.25) is 0 Å². The van der Waals surface area contributed by atoms with E-state index in [4.69, 9.17) is 18.9 Å². The first-order valence-electron chi connectivity index (χ1n) is 10.4. The highest BCUT2D eigenvalue weighted by Gasteiger charge is 2.76. The maximum absolute atomic E-state index is 11.3. The van der Waals surface area contributed by atoms with Crippen LogP contribution in [0.15, 0.2) is 60.7 Å². The Morgan fingerprint density at radius 3 is 2.10 bits per heavy atom. The predicted octanol–water partition coefficient (Wildman–Crippen LogP) is 2.81. The van der Waals surface area contributed by atoms with Gasteiger partial charge < -0.3 is 29.2 Å². The minimum absolute atomic E-state index is 0.122. The maximum Gasteiger partial charge on any atom is 0.225 e. The van der Waals surface area contributed by atoms with Gasteiger partial charge in [0.15, 0.2) is 0 Å². The number of rotatable bonds is 9. The number of aliphatic hydroxyl groups is 2. The van der Waals surface area contributed by atoms with Gasteiger partial charge >= 0.3 is 0 Å². The third-order valence-corrected chi connectivity index (χ3v) is 6.09. The summed E-state index contributed by atoms with van der Waals surface area (Å²) >= 11 is 0. The molecule has 2 N–H and O–H groups in total. The van der Waals surface area contributed by atoms with Crippen molar-refractivity contribution in [2.45, 2.75) is 62.7 Å². The first-order valence-corrected chi connectivity index (χ1v) is 10.4. The van der Waals surface area contributed by atoms with E-state index in [1.165, 1.54) is 0 Å². The molecule has 0 amide bonds. The SMILES string of the molecule is CC1(C)O[C@@H]2[C@H](OCc3ccccc3)[C@](CCO)(COCc3ccccc3)O[C@]21O. The Morgan fingerprint density at radius 2 is 1.53 bits per heavy atom. The summed E-state index contributed by atoms with van der Waals surface area (Å²) in [5.41, 5.74) is 0.151. The van der Waals surface area contributed by atoms with Crippen molar-refractivity contribution in [2.24, 2.45) is 0 Å². The van der Waals surface area contributed by atoms with Crippen LogP contribution >= 0.6 is 0 Å². The van der Waals surface area contributed by atoms with Gasteiger partial charge in [-0.1, -0.05) is 60.7 Å². The van der Waals surface area contributed by atoms with Gasteiger partial charge in [-0.2, -0.15) is 0 Å². The minimum atomic E-state index is -1.50. The van der Waals surface area contributed by atoms with Crippen LogP contribution in [0.4, 0.5) is 0 Å². The van der Waals surface area contributed by atoms with Crippen LogP contribution in [0, 0.1) is 0 Å². The smallest absolute Gasteiger partial charge is 0.225 e. The van der Waals surface area contributed by atoms with Crippen LogP contribution in [0.2, 0.25) is 0 Å². The summed E-state index contributed by atoms with van der Waals surface area (Å²) in [4.78, 5) is 0. The number of aliphatic hydroxyl groups excluding tert-OH is 1. The van der Waals surface area contributed by atoms with Crippen LogP contribution in [0.3, 0.4) is 0 Å². The van der Waals surface area contributed by atoms with E-state index < -0.39 is 29.2 Å². The molecule has 2 aromatic carbocycles. The molecule has 6 heteroatoms. The van der Waals surface area contributed by atoms with E-state index in [1.807, 2.05) is 60.7 Å². The molecule has 0 aliphatic carbocycles. The fraction of sp³-hybridized carbons (Fsp3) is 0.500. The molecule has 2 fully saturated rings. The Bertz CT molecular complexity index is 826. The third kappa shape index (κ3) is 3.80. The number of hydrogen-bond acceptors (Lipinski definition) is 6. The molecule has 6 nitrogen and oxygen atoms in total. The highest BCUT2D eigenvalue weighted by molar-refractivity contribution is 5.20. The summed E-state index contributed by atoms with van der Waals surface area (Å²) in [6.45, 7) is 4.37. The summed E-state index contributed by atoms with van der Waals surface area (Å²) in [6, 6.07) is 19.7. The molecule has 4 atom stereocenters. The number of benzene rings is 2. The lowest BCUT2D eigenvalue weighted by molar-refractivity contribution is -0.421. The number of hydrogen-bond donors (Lipinski definition) is 2. The molecular formula is C24H30O6. The van der Waals surface area contributed by atoms with Crippen molar-refractivity contribution in [1.29, 1.82) is 0 Å².